The van der Waals surface area contributed by atoms with Crippen LogP contribution < -0.4 is 11.1 Å². The number of piperazine rings is 1. The smallest absolute Gasteiger partial charge is 0.340 e. The molecular weight excluding hydrogens is 324 g/mol. The number of hydrogen-bond donors (Lipinski definition) is 2. The van der Waals surface area contributed by atoms with Crippen molar-refractivity contribution in [3.8, 4) is 0 Å². The summed E-state index contributed by atoms with van der Waals surface area (Å²) in [5, 5.41) is 2.52. The Morgan fingerprint density at radius 1 is 1.16 bits per heavy atom. The van der Waals surface area contributed by atoms with Crippen LogP contribution in [0.15, 0.2) is 24.3 Å². The van der Waals surface area contributed by atoms with Gasteiger partial charge in [-0.2, -0.15) is 0 Å². The fourth-order valence-electron chi connectivity index (χ4n) is 2.66. The number of nitrogens with two attached hydrogens (primary N) is 1. The maximum Gasteiger partial charge on any atom is 0.340 e. The molecule has 1 aromatic rings. The monoisotopic (exact) mass is 348 g/mol. The lowest BCUT2D eigenvalue weighted by Crippen LogP contribution is -2.52. The SMILES string of the molecule is CCOC(=O)c1ccccc1NC(=O)C(=O)N1CCN(CCN)CC1. The Hall–Kier alpha value is -2.45. The third kappa shape index (κ3) is 5.01. The minimum absolute atomic E-state index is 0.221. The van der Waals surface area contributed by atoms with Gasteiger partial charge in [-0.3, -0.25) is 14.5 Å². The van der Waals surface area contributed by atoms with Gasteiger partial charge >= 0.3 is 17.8 Å². The molecule has 1 aromatic carbocycles. The lowest BCUT2D eigenvalue weighted by Gasteiger charge is -2.34. The second-order valence-corrected chi connectivity index (χ2v) is 5.64. The molecule has 8 nitrogen and oxygen atoms in total. The van der Waals surface area contributed by atoms with Crippen LogP contribution >= 0.6 is 0 Å². The maximum atomic E-state index is 12.3. The molecule has 8 heteroatoms. The molecule has 1 saturated heterocycles. The molecule has 0 radical (unpaired) electrons. The Bertz CT molecular complexity index is 627. The minimum Gasteiger partial charge on any atom is -0.462 e. The molecule has 1 aliphatic heterocycles. The van der Waals surface area contributed by atoms with Crippen molar-refractivity contribution in [2.45, 2.75) is 6.92 Å². The summed E-state index contributed by atoms with van der Waals surface area (Å²) in [6.07, 6.45) is 0. The van der Waals surface area contributed by atoms with Gasteiger partial charge in [0.15, 0.2) is 0 Å². The van der Waals surface area contributed by atoms with E-state index in [-0.39, 0.29) is 17.9 Å². The van der Waals surface area contributed by atoms with Crippen molar-refractivity contribution in [2.24, 2.45) is 5.73 Å². The number of carbonyl (C=O) groups excluding carboxylic acids is 3. The van der Waals surface area contributed by atoms with Crippen molar-refractivity contribution in [2.75, 3.05) is 51.2 Å². The first-order chi connectivity index (χ1) is 12.1. The number of amides is 2. The van der Waals surface area contributed by atoms with E-state index in [1.165, 1.54) is 4.90 Å². The Labute approximate surface area is 146 Å². The van der Waals surface area contributed by atoms with Crippen molar-refractivity contribution >= 4 is 23.5 Å². The third-order valence-corrected chi connectivity index (χ3v) is 3.97. The van der Waals surface area contributed by atoms with Crippen molar-refractivity contribution in [1.82, 2.24) is 9.80 Å². The highest BCUT2D eigenvalue weighted by molar-refractivity contribution is 6.39. The zero-order chi connectivity index (χ0) is 18.2. The standard InChI is InChI=1S/C17H24N4O4/c1-2-25-17(24)13-5-3-4-6-14(13)19-15(22)16(23)21-11-9-20(8-7-18)10-12-21/h3-6H,2,7-12,18H2,1H3,(H,19,22). The van der Waals surface area contributed by atoms with Crippen LogP contribution in [0.5, 0.6) is 0 Å². The zero-order valence-corrected chi connectivity index (χ0v) is 14.4. The number of nitrogens with zero attached hydrogens (tertiary/aromatic N) is 2. The van der Waals surface area contributed by atoms with Crippen molar-refractivity contribution in [3.05, 3.63) is 29.8 Å². The van der Waals surface area contributed by atoms with E-state index >= 15 is 0 Å². The predicted molar refractivity (Wildman–Crippen MR) is 93.1 cm³/mol. The number of nitrogens with one attached hydrogen (secondary N) is 1. The molecule has 2 rings (SSSR count). The van der Waals surface area contributed by atoms with Gasteiger partial charge < -0.3 is 20.7 Å². The van der Waals surface area contributed by atoms with Gasteiger partial charge in [-0.15, -0.1) is 0 Å². The van der Waals surface area contributed by atoms with Gasteiger partial charge in [-0.25, -0.2) is 4.79 Å². The second kappa shape index (κ2) is 9.14. The molecule has 25 heavy (non-hydrogen) atoms. The van der Waals surface area contributed by atoms with Gasteiger partial charge in [0.1, 0.15) is 0 Å². The molecule has 0 bridgehead atoms. The summed E-state index contributed by atoms with van der Waals surface area (Å²) >= 11 is 0. The van der Waals surface area contributed by atoms with Crippen LogP contribution in [0.2, 0.25) is 0 Å². The highest BCUT2D eigenvalue weighted by atomic mass is 16.5. The van der Waals surface area contributed by atoms with Crippen molar-refractivity contribution in [1.29, 1.82) is 0 Å². The molecule has 0 spiro atoms. The normalized spacial score (nSPS) is 14.9. The summed E-state index contributed by atoms with van der Waals surface area (Å²) in [5.74, 6) is -1.91. The second-order valence-electron chi connectivity index (χ2n) is 5.64. The fourth-order valence-corrected chi connectivity index (χ4v) is 2.66. The Morgan fingerprint density at radius 2 is 1.84 bits per heavy atom. The summed E-state index contributed by atoms with van der Waals surface area (Å²) in [7, 11) is 0. The highest BCUT2D eigenvalue weighted by Crippen LogP contribution is 2.16. The fraction of sp³-hybridized carbons (Fsp3) is 0.471. The molecule has 136 valence electrons. The number of esters is 1. The van der Waals surface area contributed by atoms with Gasteiger partial charge in [0.05, 0.1) is 17.9 Å². The van der Waals surface area contributed by atoms with E-state index in [2.05, 4.69) is 10.2 Å². The summed E-state index contributed by atoms with van der Waals surface area (Å²) in [6.45, 7) is 5.61. The molecule has 0 aromatic heterocycles. The third-order valence-electron chi connectivity index (χ3n) is 3.97. The van der Waals surface area contributed by atoms with Crippen LogP contribution in [-0.4, -0.2) is 73.5 Å². The Morgan fingerprint density at radius 3 is 2.48 bits per heavy atom. The van der Waals surface area contributed by atoms with Crippen LogP contribution in [0.1, 0.15) is 17.3 Å². The van der Waals surface area contributed by atoms with Gasteiger partial charge in [0.25, 0.3) is 0 Å². The first kappa shape index (κ1) is 18.9. The molecule has 3 N–H and O–H groups in total. The molecule has 0 aliphatic carbocycles. The molecule has 0 atom stereocenters. The lowest BCUT2D eigenvalue weighted by atomic mass is 10.1. The van der Waals surface area contributed by atoms with E-state index < -0.39 is 17.8 Å². The summed E-state index contributed by atoms with van der Waals surface area (Å²) in [6, 6.07) is 6.45. The van der Waals surface area contributed by atoms with Crippen LogP contribution in [0.25, 0.3) is 0 Å². The number of benzene rings is 1. The topological polar surface area (TPSA) is 105 Å². The number of carbonyl (C=O) groups is 3. The Kier molecular flexibility index (Phi) is 6.91. The molecular formula is C17H24N4O4. The van der Waals surface area contributed by atoms with E-state index in [9.17, 15) is 14.4 Å². The first-order valence-electron chi connectivity index (χ1n) is 8.35. The van der Waals surface area contributed by atoms with Crippen LogP contribution in [0.3, 0.4) is 0 Å². The van der Waals surface area contributed by atoms with Crippen LogP contribution in [0.4, 0.5) is 5.69 Å². The quantitative estimate of drug-likeness (QED) is 0.569. The number of ether oxygens (including phenoxy) is 1. The van der Waals surface area contributed by atoms with E-state index in [1.54, 1.807) is 31.2 Å². The summed E-state index contributed by atoms with van der Waals surface area (Å²) in [4.78, 5) is 40.2. The maximum absolute atomic E-state index is 12.3. The lowest BCUT2D eigenvalue weighted by molar-refractivity contribution is -0.144. The van der Waals surface area contributed by atoms with Crippen molar-refractivity contribution < 1.29 is 19.1 Å². The van der Waals surface area contributed by atoms with E-state index in [0.717, 1.165) is 6.54 Å². The van der Waals surface area contributed by atoms with Crippen LogP contribution in [0, 0.1) is 0 Å². The number of anilines is 1. The van der Waals surface area contributed by atoms with E-state index in [0.29, 0.717) is 32.7 Å². The number of hydrogen-bond acceptors (Lipinski definition) is 6. The summed E-state index contributed by atoms with van der Waals surface area (Å²) < 4.78 is 4.96. The highest BCUT2D eigenvalue weighted by Gasteiger charge is 2.26. The van der Waals surface area contributed by atoms with Crippen LogP contribution in [-0.2, 0) is 14.3 Å². The number of rotatable bonds is 5. The minimum atomic E-state index is -0.760. The number of para-hydroxylation sites is 1. The van der Waals surface area contributed by atoms with Gasteiger partial charge in [-0.05, 0) is 19.1 Å². The van der Waals surface area contributed by atoms with Crippen molar-refractivity contribution in [3.63, 3.8) is 0 Å². The Balaban J connectivity index is 1.98. The van der Waals surface area contributed by atoms with Gasteiger partial charge in [0.2, 0.25) is 0 Å². The molecule has 1 heterocycles. The molecule has 0 unspecified atom stereocenters. The first-order valence-corrected chi connectivity index (χ1v) is 8.35. The molecule has 0 saturated carbocycles. The molecule has 1 aliphatic rings. The summed E-state index contributed by atoms with van der Waals surface area (Å²) in [5.41, 5.74) is 6.01. The average molecular weight is 348 g/mol. The molecule has 1 fully saturated rings. The zero-order valence-electron chi connectivity index (χ0n) is 14.4. The van der Waals surface area contributed by atoms with Gasteiger partial charge in [-0.1, -0.05) is 12.1 Å². The average Bonchev–Trinajstić information content (AvgIpc) is 2.62. The largest absolute Gasteiger partial charge is 0.462 e. The van der Waals surface area contributed by atoms with E-state index in [1.807, 2.05) is 0 Å². The van der Waals surface area contributed by atoms with Gasteiger partial charge in [0, 0.05) is 39.3 Å². The predicted octanol–water partition coefficient (Wildman–Crippen LogP) is -0.0953. The molecule has 2 amide bonds. The van der Waals surface area contributed by atoms with E-state index in [4.69, 9.17) is 10.5 Å².